The predicted molar refractivity (Wildman–Crippen MR) is 293 cm³/mol. The van der Waals surface area contributed by atoms with Crippen molar-refractivity contribution in [2.24, 2.45) is 0 Å². The number of unbranched alkanes of at least 4 members (excludes halogenated alkanes) is 2. The highest BCUT2D eigenvalue weighted by Crippen LogP contribution is 2.18. The van der Waals surface area contributed by atoms with Gasteiger partial charge in [-0.1, -0.05) is 0 Å². The summed E-state index contributed by atoms with van der Waals surface area (Å²) < 4.78 is 23.1. The van der Waals surface area contributed by atoms with E-state index in [0.29, 0.717) is 130 Å². The minimum atomic E-state index is -0.863. The van der Waals surface area contributed by atoms with Gasteiger partial charge in [0.05, 0.1) is 0 Å². The molecule has 0 unspecified atom stereocenters. The largest absolute Gasteiger partial charge is 0.481 e. The average molecular weight is 1100 g/mol. The zero-order chi connectivity index (χ0) is 58.0. The second-order valence-corrected chi connectivity index (χ2v) is 24.3. The molecule has 0 aromatic carbocycles. The molecule has 0 bridgehead atoms. The molecule has 0 saturated carbocycles. The topological polar surface area (TPSA) is 240 Å². The van der Waals surface area contributed by atoms with Crippen LogP contribution in [0.15, 0.2) is 0 Å². The maximum Gasteiger partial charge on any atom is 0.410 e. The number of hydrogen-bond acceptors (Lipinski definition) is 14. The Hall–Kier alpha value is -5.12. The monoisotopic (exact) mass is 1100 g/mol. The first kappa shape index (κ1) is 68.0. The average Bonchev–Trinajstić information content (AvgIpc) is 3.28. The van der Waals surface area contributed by atoms with Crippen molar-refractivity contribution in [1.82, 2.24) is 39.2 Å². The first-order valence-corrected chi connectivity index (χ1v) is 28.2. The number of amides is 6. The maximum atomic E-state index is 14.3. The molecular formula is C55H100N8O14. The molecule has 0 atom stereocenters. The van der Waals surface area contributed by atoms with Gasteiger partial charge in [0.1, 0.15) is 22.4 Å². The van der Waals surface area contributed by atoms with Crippen LogP contribution in [0.3, 0.4) is 0 Å². The van der Waals surface area contributed by atoms with E-state index >= 15 is 0 Å². The Morgan fingerprint density at radius 2 is 0.558 bits per heavy atom. The maximum absolute atomic E-state index is 14.3. The third-order valence-corrected chi connectivity index (χ3v) is 12.5. The summed E-state index contributed by atoms with van der Waals surface area (Å²) in [5.41, 5.74) is -3.00. The Morgan fingerprint density at radius 1 is 0.312 bits per heavy atom. The van der Waals surface area contributed by atoms with Crippen molar-refractivity contribution < 1.29 is 67.5 Å². The van der Waals surface area contributed by atoms with Crippen molar-refractivity contribution in [3.63, 3.8) is 0 Å². The SMILES string of the molecule is CC(C)(C)OC(=O)N1CCCN(C(=O)OC(C)(C)C)CCN(C(=O)CCCC(=O)N2CCCN(CCCCC(=O)O)CCN(C(=O)OC(C)(C)C)CCCN(C(=O)OC(C)(C)C)CC2)CCCN(CCCCC(=O)O)CC1. The lowest BCUT2D eigenvalue weighted by Crippen LogP contribution is -2.47. The van der Waals surface area contributed by atoms with Crippen molar-refractivity contribution >= 4 is 48.1 Å². The number of ether oxygens (including phenoxy) is 4. The normalized spacial score (nSPS) is 17.7. The lowest BCUT2D eigenvalue weighted by Gasteiger charge is -2.34. The minimum Gasteiger partial charge on any atom is -0.481 e. The van der Waals surface area contributed by atoms with Gasteiger partial charge in [-0.05, 0) is 167 Å². The van der Waals surface area contributed by atoms with E-state index in [1.165, 1.54) is 0 Å². The molecule has 6 amide bonds. The van der Waals surface area contributed by atoms with Gasteiger partial charge in [-0.2, -0.15) is 0 Å². The number of carbonyl (C=O) groups excluding carboxylic acids is 6. The summed E-state index contributed by atoms with van der Waals surface area (Å²) in [7, 11) is 0. The molecule has 0 aromatic rings. The lowest BCUT2D eigenvalue weighted by molar-refractivity contribution is -0.138. The van der Waals surface area contributed by atoms with Crippen molar-refractivity contribution in [3.8, 4) is 0 Å². The van der Waals surface area contributed by atoms with Crippen molar-refractivity contribution in [2.45, 2.75) is 189 Å². The second kappa shape index (κ2) is 33.3. The standard InChI is InChI=1S/C55H100N8O14/c1-52(2,3)74-48(70)60-32-20-34-62(50(72)76-54(7,8)9)42-40-58(30-18-28-56(36-38-60)26-15-13-24-46(66)67)44(64)22-17-23-45(65)59-31-19-29-57(27-16-14-25-47(68)69)37-39-61(49(71)75-53(4,5)6)33-21-35-63(43-41-59)51(73)77-55(10,11)12/h13-43H2,1-12H3,(H,66,67)(H,68,69). The number of aliphatic carboxylic acids is 2. The van der Waals surface area contributed by atoms with Crippen LogP contribution in [0.25, 0.3) is 0 Å². The Labute approximate surface area is 460 Å². The molecule has 22 nitrogen and oxygen atoms in total. The van der Waals surface area contributed by atoms with Gasteiger partial charge in [0.2, 0.25) is 11.8 Å². The third kappa shape index (κ3) is 31.8. The molecule has 2 N–H and O–H groups in total. The van der Waals surface area contributed by atoms with Gasteiger partial charge in [0, 0.05) is 117 Å². The Kier molecular flexibility index (Phi) is 29.4. The van der Waals surface area contributed by atoms with Crippen LogP contribution >= 0.6 is 0 Å². The van der Waals surface area contributed by atoms with Gasteiger partial charge in [-0.3, -0.25) is 19.2 Å². The summed E-state index contributed by atoms with van der Waals surface area (Å²) in [5, 5.41) is 18.5. The van der Waals surface area contributed by atoms with Gasteiger partial charge in [-0.25, -0.2) is 19.2 Å². The van der Waals surface area contributed by atoms with Crippen LogP contribution in [0.2, 0.25) is 0 Å². The molecule has 22 heteroatoms. The van der Waals surface area contributed by atoms with Crippen LogP contribution in [-0.2, 0) is 38.1 Å². The van der Waals surface area contributed by atoms with E-state index in [0.717, 1.165) is 0 Å². The number of rotatable bonds is 14. The van der Waals surface area contributed by atoms with Crippen LogP contribution in [0.4, 0.5) is 19.2 Å². The highest BCUT2D eigenvalue weighted by atomic mass is 16.6. The van der Waals surface area contributed by atoms with Crippen LogP contribution in [0.1, 0.15) is 167 Å². The first-order valence-electron chi connectivity index (χ1n) is 28.2. The molecule has 0 aromatic heterocycles. The highest BCUT2D eigenvalue weighted by molar-refractivity contribution is 5.79. The molecule has 2 heterocycles. The summed E-state index contributed by atoms with van der Waals surface area (Å²) in [6.07, 6.45) is 2.69. The summed E-state index contributed by atoms with van der Waals surface area (Å²) in [6.45, 7) is 28.1. The fraction of sp³-hybridized carbons (Fsp3) is 0.855. The van der Waals surface area contributed by atoms with Crippen molar-refractivity contribution in [1.29, 1.82) is 0 Å². The molecule has 0 aliphatic carbocycles. The predicted octanol–water partition coefficient (Wildman–Crippen LogP) is 7.46. The Morgan fingerprint density at radius 3 is 0.831 bits per heavy atom. The quantitative estimate of drug-likeness (QED) is 0.127. The summed E-state index contributed by atoms with van der Waals surface area (Å²) in [5.74, 6) is -2.07. The van der Waals surface area contributed by atoms with Crippen molar-refractivity contribution in [3.05, 3.63) is 0 Å². The minimum absolute atomic E-state index is 0.0486. The number of hydrogen-bond donors (Lipinski definition) is 2. The van der Waals surface area contributed by atoms with Gasteiger partial charge in [-0.15, -0.1) is 0 Å². The Balaban J connectivity index is 2.37. The Bertz CT molecular complexity index is 1730. The fourth-order valence-corrected chi connectivity index (χ4v) is 8.69. The van der Waals surface area contributed by atoms with E-state index in [-0.39, 0.29) is 83.2 Å². The van der Waals surface area contributed by atoms with E-state index in [2.05, 4.69) is 9.80 Å². The summed E-state index contributed by atoms with van der Waals surface area (Å²) in [6, 6.07) is 0. The molecular weight excluding hydrogens is 997 g/mol. The second-order valence-electron chi connectivity index (χ2n) is 24.3. The van der Waals surface area contributed by atoms with E-state index in [4.69, 9.17) is 18.9 Å². The summed E-state index contributed by atoms with van der Waals surface area (Å²) in [4.78, 5) is 120. The molecule has 444 valence electrons. The zero-order valence-corrected chi connectivity index (χ0v) is 49.3. The molecule has 0 spiro atoms. The molecule has 2 rings (SSSR count). The molecule has 2 fully saturated rings. The van der Waals surface area contributed by atoms with Crippen LogP contribution < -0.4 is 0 Å². The van der Waals surface area contributed by atoms with Crippen LogP contribution in [0.5, 0.6) is 0 Å². The van der Waals surface area contributed by atoms with Gasteiger partial charge in [0.25, 0.3) is 0 Å². The smallest absolute Gasteiger partial charge is 0.410 e. The van der Waals surface area contributed by atoms with Gasteiger partial charge in [0.15, 0.2) is 0 Å². The number of nitrogens with zero attached hydrogens (tertiary/aromatic N) is 8. The molecule has 77 heavy (non-hydrogen) atoms. The fourth-order valence-electron chi connectivity index (χ4n) is 8.69. The van der Waals surface area contributed by atoms with E-state index in [9.17, 15) is 48.6 Å². The van der Waals surface area contributed by atoms with Crippen LogP contribution in [0, 0.1) is 0 Å². The summed E-state index contributed by atoms with van der Waals surface area (Å²) >= 11 is 0. The van der Waals surface area contributed by atoms with Gasteiger partial charge >= 0.3 is 36.3 Å². The van der Waals surface area contributed by atoms with E-state index < -0.39 is 58.7 Å². The number of carbonyl (C=O) groups is 8. The zero-order valence-electron chi connectivity index (χ0n) is 49.3. The molecule has 2 aliphatic heterocycles. The van der Waals surface area contributed by atoms with E-state index in [1.807, 2.05) is 0 Å². The number of carboxylic acid groups (broad SMARTS) is 2. The van der Waals surface area contributed by atoms with Crippen LogP contribution in [-0.4, -0.2) is 238 Å². The van der Waals surface area contributed by atoms with Gasteiger partial charge < -0.3 is 68.4 Å². The highest BCUT2D eigenvalue weighted by Gasteiger charge is 2.30. The molecule has 2 aliphatic rings. The molecule has 0 radical (unpaired) electrons. The first-order chi connectivity index (χ1) is 35.8. The lowest BCUT2D eigenvalue weighted by atomic mass is 10.1. The molecule has 2 saturated heterocycles. The van der Waals surface area contributed by atoms with E-state index in [1.54, 1.807) is 112 Å². The number of carboxylic acids is 2. The van der Waals surface area contributed by atoms with Crippen molar-refractivity contribution in [2.75, 3.05) is 118 Å². The third-order valence-electron chi connectivity index (χ3n) is 12.5.